The monoisotopic (exact) mass is 231 g/mol. The number of hydrogen-bond acceptors (Lipinski definition) is 2. The highest BCUT2D eigenvalue weighted by Gasteiger charge is 2.50. The highest BCUT2D eigenvalue weighted by molar-refractivity contribution is 6.27. The Morgan fingerprint density at radius 3 is 2.80 bits per heavy atom. The summed E-state index contributed by atoms with van der Waals surface area (Å²) in [5, 5.41) is 0. The third-order valence-electron chi connectivity index (χ3n) is 4.00. The number of alkyl halides is 1. The highest BCUT2D eigenvalue weighted by atomic mass is 35.5. The Morgan fingerprint density at radius 1 is 1.60 bits per heavy atom. The Morgan fingerprint density at radius 2 is 2.33 bits per heavy atom. The molecular weight excluding hydrogens is 214 g/mol. The van der Waals surface area contributed by atoms with E-state index in [-0.39, 0.29) is 11.8 Å². The van der Waals surface area contributed by atoms with Gasteiger partial charge in [-0.3, -0.25) is 4.79 Å². The molecule has 0 aromatic heterocycles. The topological polar surface area (TPSA) is 29.5 Å². The number of halogens is 1. The SMILES string of the molecule is COC[C@@H]1CN(C(=O)CCl)CC12CCC2. The molecule has 4 heteroatoms. The Balaban J connectivity index is 2.02. The number of rotatable bonds is 3. The van der Waals surface area contributed by atoms with Crippen molar-refractivity contribution in [2.45, 2.75) is 19.3 Å². The van der Waals surface area contributed by atoms with Gasteiger partial charge in [-0.15, -0.1) is 11.6 Å². The lowest BCUT2D eigenvalue weighted by atomic mass is 9.63. The van der Waals surface area contributed by atoms with Gasteiger partial charge in [-0.25, -0.2) is 0 Å². The van der Waals surface area contributed by atoms with Crippen LogP contribution in [0, 0.1) is 11.3 Å². The maximum absolute atomic E-state index is 11.5. The van der Waals surface area contributed by atoms with Crippen molar-refractivity contribution in [3.8, 4) is 0 Å². The summed E-state index contributed by atoms with van der Waals surface area (Å²) in [6.07, 6.45) is 3.78. The van der Waals surface area contributed by atoms with Gasteiger partial charge in [0.25, 0.3) is 0 Å². The zero-order valence-corrected chi connectivity index (χ0v) is 9.92. The first-order valence-corrected chi connectivity index (χ1v) is 6.08. The molecule has 1 saturated heterocycles. The molecule has 2 aliphatic rings. The van der Waals surface area contributed by atoms with E-state index in [1.165, 1.54) is 19.3 Å². The molecule has 1 saturated carbocycles. The molecule has 1 aliphatic heterocycles. The first-order chi connectivity index (χ1) is 7.22. The second-order valence-electron chi connectivity index (χ2n) is 4.78. The quantitative estimate of drug-likeness (QED) is 0.689. The van der Waals surface area contributed by atoms with Crippen LogP contribution in [0.3, 0.4) is 0 Å². The van der Waals surface area contributed by atoms with Crippen LogP contribution in [-0.2, 0) is 9.53 Å². The van der Waals surface area contributed by atoms with Gasteiger partial charge in [0.1, 0.15) is 5.88 Å². The Bertz CT molecular complexity index is 253. The number of amides is 1. The molecule has 1 spiro atoms. The zero-order chi connectivity index (χ0) is 10.9. The Hall–Kier alpha value is -0.280. The smallest absolute Gasteiger partial charge is 0.237 e. The first kappa shape index (κ1) is 11.2. The second kappa shape index (κ2) is 4.30. The molecule has 0 N–H and O–H groups in total. The molecule has 1 heterocycles. The van der Waals surface area contributed by atoms with E-state index in [0.29, 0.717) is 11.3 Å². The predicted molar refractivity (Wildman–Crippen MR) is 59.0 cm³/mol. The van der Waals surface area contributed by atoms with Gasteiger partial charge in [-0.1, -0.05) is 6.42 Å². The number of carbonyl (C=O) groups is 1. The summed E-state index contributed by atoms with van der Waals surface area (Å²) in [6, 6.07) is 0. The van der Waals surface area contributed by atoms with Crippen LogP contribution in [-0.4, -0.2) is 43.5 Å². The van der Waals surface area contributed by atoms with Crippen molar-refractivity contribution >= 4 is 17.5 Å². The van der Waals surface area contributed by atoms with E-state index in [9.17, 15) is 4.79 Å². The van der Waals surface area contributed by atoms with E-state index >= 15 is 0 Å². The van der Waals surface area contributed by atoms with E-state index in [1.54, 1.807) is 7.11 Å². The number of carbonyl (C=O) groups excluding carboxylic acids is 1. The summed E-state index contributed by atoms with van der Waals surface area (Å²) >= 11 is 5.59. The third kappa shape index (κ3) is 1.87. The predicted octanol–water partition coefficient (Wildman–Crippen LogP) is 1.50. The van der Waals surface area contributed by atoms with Gasteiger partial charge in [-0.2, -0.15) is 0 Å². The maximum Gasteiger partial charge on any atom is 0.237 e. The summed E-state index contributed by atoms with van der Waals surface area (Å²) in [5.41, 5.74) is 0.359. The normalized spacial score (nSPS) is 28.1. The van der Waals surface area contributed by atoms with Gasteiger partial charge in [0.2, 0.25) is 5.91 Å². The molecule has 2 rings (SSSR count). The van der Waals surface area contributed by atoms with Crippen LogP contribution in [0.5, 0.6) is 0 Å². The van der Waals surface area contributed by atoms with Gasteiger partial charge < -0.3 is 9.64 Å². The fourth-order valence-corrected chi connectivity index (χ4v) is 3.10. The van der Waals surface area contributed by atoms with E-state index in [1.807, 2.05) is 4.90 Å². The summed E-state index contributed by atoms with van der Waals surface area (Å²) in [5.74, 6) is 0.695. The molecule has 1 aliphatic carbocycles. The van der Waals surface area contributed by atoms with Crippen LogP contribution in [0.25, 0.3) is 0 Å². The fourth-order valence-electron chi connectivity index (χ4n) is 2.94. The van der Waals surface area contributed by atoms with Crippen LogP contribution < -0.4 is 0 Å². The average Bonchev–Trinajstić information content (AvgIpc) is 2.56. The van der Waals surface area contributed by atoms with Gasteiger partial charge in [0, 0.05) is 26.1 Å². The maximum atomic E-state index is 11.5. The molecule has 0 unspecified atom stereocenters. The first-order valence-electron chi connectivity index (χ1n) is 5.54. The van der Waals surface area contributed by atoms with Crippen molar-refractivity contribution in [3.05, 3.63) is 0 Å². The molecule has 0 bridgehead atoms. The number of likely N-dealkylation sites (tertiary alicyclic amines) is 1. The highest BCUT2D eigenvalue weighted by Crippen LogP contribution is 2.51. The molecule has 1 atom stereocenters. The minimum atomic E-state index is 0.0709. The summed E-state index contributed by atoms with van der Waals surface area (Å²) in [6.45, 7) is 2.50. The molecule has 0 aromatic rings. The lowest BCUT2D eigenvalue weighted by Gasteiger charge is -2.42. The summed E-state index contributed by atoms with van der Waals surface area (Å²) < 4.78 is 5.25. The van der Waals surface area contributed by atoms with Crippen molar-refractivity contribution in [2.24, 2.45) is 11.3 Å². The standard InChI is InChI=1S/C11H18ClNO2/c1-15-7-9-6-13(10(14)5-12)8-11(9)3-2-4-11/h9H,2-8H2,1H3/t9-/m0/s1. The lowest BCUT2D eigenvalue weighted by molar-refractivity contribution is -0.128. The van der Waals surface area contributed by atoms with Crippen LogP contribution in [0.2, 0.25) is 0 Å². The van der Waals surface area contributed by atoms with Crippen LogP contribution >= 0.6 is 11.6 Å². The van der Waals surface area contributed by atoms with Crippen LogP contribution in [0.4, 0.5) is 0 Å². The van der Waals surface area contributed by atoms with Crippen molar-refractivity contribution in [1.82, 2.24) is 4.90 Å². The number of hydrogen-bond donors (Lipinski definition) is 0. The van der Waals surface area contributed by atoms with E-state index in [4.69, 9.17) is 16.3 Å². The van der Waals surface area contributed by atoms with Gasteiger partial charge in [0.15, 0.2) is 0 Å². The molecule has 2 fully saturated rings. The van der Waals surface area contributed by atoms with Crippen molar-refractivity contribution < 1.29 is 9.53 Å². The van der Waals surface area contributed by atoms with Gasteiger partial charge >= 0.3 is 0 Å². The molecule has 1 amide bonds. The largest absolute Gasteiger partial charge is 0.384 e. The molecule has 0 aromatic carbocycles. The number of methoxy groups -OCH3 is 1. The van der Waals surface area contributed by atoms with Gasteiger partial charge in [0.05, 0.1) is 6.61 Å². The molecular formula is C11H18ClNO2. The van der Waals surface area contributed by atoms with Crippen LogP contribution in [0.15, 0.2) is 0 Å². The van der Waals surface area contributed by atoms with Crippen molar-refractivity contribution in [1.29, 1.82) is 0 Å². The summed E-state index contributed by atoms with van der Waals surface area (Å²) in [4.78, 5) is 13.5. The second-order valence-corrected chi connectivity index (χ2v) is 5.04. The molecule has 86 valence electrons. The van der Waals surface area contributed by atoms with Gasteiger partial charge in [-0.05, 0) is 18.3 Å². The fraction of sp³-hybridized carbons (Fsp3) is 0.909. The van der Waals surface area contributed by atoms with Crippen LogP contribution in [0.1, 0.15) is 19.3 Å². The minimum absolute atomic E-state index is 0.0709. The third-order valence-corrected chi connectivity index (χ3v) is 4.23. The zero-order valence-electron chi connectivity index (χ0n) is 9.17. The Kier molecular flexibility index (Phi) is 3.21. The summed E-state index contributed by atoms with van der Waals surface area (Å²) in [7, 11) is 1.73. The van der Waals surface area contributed by atoms with Crippen molar-refractivity contribution in [3.63, 3.8) is 0 Å². The van der Waals surface area contributed by atoms with E-state index in [2.05, 4.69) is 0 Å². The van der Waals surface area contributed by atoms with E-state index in [0.717, 1.165) is 19.7 Å². The molecule has 0 radical (unpaired) electrons. The Labute approximate surface area is 95.7 Å². The molecule has 15 heavy (non-hydrogen) atoms. The average molecular weight is 232 g/mol. The number of nitrogens with zero attached hydrogens (tertiary/aromatic N) is 1. The minimum Gasteiger partial charge on any atom is -0.384 e. The number of ether oxygens (including phenoxy) is 1. The van der Waals surface area contributed by atoms with Crippen molar-refractivity contribution in [2.75, 3.05) is 32.7 Å². The van der Waals surface area contributed by atoms with E-state index < -0.39 is 0 Å². The lowest BCUT2D eigenvalue weighted by Crippen LogP contribution is -2.39. The molecule has 3 nitrogen and oxygen atoms in total.